The summed E-state index contributed by atoms with van der Waals surface area (Å²) < 4.78 is 35.0. The minimum atomic E-state index is -3.35. The molecule has 1 aliphatic rings. The summed E-state index contributed by atoms with van der Waals surface area (Å²) in [6.07, 6.45) is 1.99. The van der Waals surface area contributed by atoms with E-state index in [0.29, 0.717) is 35.7 Å². The van der Waals surface area contributed by atoms with Crippen LogP contribution in [0.5, 0.6) is 11.5 Å². The quantitative estimate of drug-likeness (QED) is 0.837. The number of fused-ring (bicyclic) bond motifs is 1. The second-order valence-electron chi connectivity index (χ2n) is 6.02. The second kappa shape index (κ2) is 7.25. The number of carbonyl (C=O) groups excluding carboxylic acids is 1. The van der Waals surface area contributed by atoms with Gasteiger partial charge in [-0.25, -0.2) is 8.42 Å². The third-order valence-electron chi connectivity index (χ3n) is 4.07. The Bertz CT molecular complexity index is 927. The monoisotopic (exact) mass is 376 g/mol. The first kappa shape index (κ1) is 18.1. The second-order valence-corrected chi connectivity index (χ2v) is 8.03. The average molecular weight is 376 g/mol. The first-order valence-electron chi connectivity index (χ1n) is 8.05. The lowest BCUT2D eigenvalue weighted by Gasteiger charge is -2.17. The molecule has 7 nitrogen and oxygen atoms in total. The maximum atomic E-state index is 12.2. The Hall–Kier alpha value is -2.74. The molecule has 0 spiro atoms. The first-order chi connectivity index (χ1) is 12.3. The van der Waals surface area contributed by atoms with Crippen molar-refractivity contribution in [1.29, 1.82) is 0 Å². The fourth-order valence-corrected chi connectivity index (χ4v) is 3.05. The van der Waals surface area contributed by atoms with Gasteiger partial charge in [0.1, 0.15) is 0 Å². The van der Waals surface area contributed by atoms with Crippen molar-refractivity contribution in [3.8, 4) is 11.5 Å². The fourth-order valence-electron chi connectivity index (χ4n) is 2.55. The van der Waals surface area contributed by atoms with Crippen LogP contribution in [-0.2, 0) is 21.2 Å². The Morgan fingerprint density at radius 2 is 1.92 bits per heavy atom. The maximum Gasteiger partial charge on any atom is 0.231 e. The maximum absolute atomic E-state index is 12.2. The van der Waals surface area contributed by atoms with E-state index in [4.69, 9.17) is 9.47 Å². The van der Waals surface area contributed by atoms with Crippen LogP contribution in [0.1, 0.15) is 12.0 Å². The zero-order valence-electron chi connectivity index (χ0n) is 14.6. The van der Waals surface area contributed by atoms with E-state index in [-0.39, 0.29) is 12.7 Å². The molecule has 0 aliphatic carbocycles. The van der Waals surface area contributed by atoms with Gasteiger partial charge in [-0.1, -0.05) is 12.1 Å². The molecule has 1 aliphatic heterocycles. The number of ether oxygens (including phenoxy) is 2. The molecule has 138 valence electrons. The van der Waals surface area contributed by atoms with E-state index in [9.17, 15) is 13.2 Å². The SMILES string of the molecule is CN(c1cccc(NC(=O)CCc2ccc3c(c2)OCO3)c1)S(C)(=O)=O. The molecule has 0 atom stereocenters. The number of hydrogen-bond donors (Lipinski definition) is 1. The number of hydrogen-bond acceptors (Lipinski definition) is 5. The van der Waals surface area contributed by atoms with Gasteiger partial charge in [0.25, 0.3) is 0 Å². The fraction of sp³-hybridized carbons (Fsp3) is 0.278. The zero-order chi connectivity index (χ0) is 18.7. The molecule has 8 heteroatoms. The number of benzene rings is 2. The van der Waals surface area contributed by atoms with Crippen molar-refractivity contribution in [1.82, 2.24) is 0 Å². The smallest absolute Gasteiger partial charge is 0.231 e. The molecular weight excluding hydrogens is 356 g/mol. The van der Waals surface area contributed by atoms with E-state index in [1.807, 2.05) is 18.2 Å². The van der Waals surface area contributed by atoms with Crippen molar-refractivity contribution in [2.75, 3.05) is 29.7 Å². The molecular formula is C18H20N2O5S. The van der Waals surface area contributed by atoms with Crippen molar-refractivity contribution in [2.24, 2.45) is 0 Å². The van der Waals surface area contributed by atoms with Gasteiger partial charge < -0.3 is 14.8 Å². The summed E-state index contributed by atoms with van der Waals surface area (Å²) >= 11 is 0. The number of aryl methyl sites for hydroxylation is 1. The van der Waals surface area contributed by atoms with Crippen LogP contribution >= 0.6 is 0 Å². The molecule has 0 bridgehead atoms. The van der Waals surface area contributed by atoms with E-state index in [1.165, 1.54) is 7.05 Å². The number of anilines is 2. The van der Waals surface area contributed by atoms with Crippen LogP contribution in [0.4, 0.5) is 11.4 Å². The topological polar surface area (TPSA) is 84.9 Å². The van der Waals surface area contributed by atoms with Crippen LogP contribution in [0, 0.1) is 0 Å². The van der Waals surface area contributed by atoms with Crippen molar-refractivity contribution in [2.45, 2.75) is 12.8 Å². The number of nitrogens with one attached hydrogen (secondary N) is 1. The molecule has 0 radical (unpaired) electrons. The predicted octanol–water partition coefficient (Wildman–Crippen LogP) is 2.38. The molecule has 2 aromatic rings. The van der Waals surface area contributed by atoms with Crippen LogP contribution in [0.25, 0.3) is 0 Å². The molecule has 1 N–H and O–H groups in total. The van der Waals surface area contributed by atoms with Gasteiger partial charge in [0.05, 0.1) is 11.9 Å². The average Bonchev–Trinajstić information content (AvgIpc) is 3.06. The van der Waals surface area contributed by atoms with E-state index in [1.54, 1.807) is 24.3 Å². The van der Waals surface area contributed by atoms with Crippen molar-refractivity contribution >= 4 is 27.3 Å². The number of carbonyl (C=O) groups is 1. The Balaban J connectivity index is 1.60. The third-order valence-corrected chi connectivity index (χ3v) is 5.27. The number of nitrogens with zero attached hydrogens (tertiary/aromatic N) is 1. The molecule has 3 rings (SSSR count). The Labute approximate surface area is 152 Å². The molecule has 0 unspecified atom stereocenters. The number of amides is 1. The molecule has 0 saturated heterocycles. The summed E-state index contributed by atoms with van der Waals surface area (Å²) in [4.78, 5) is 12.2. The van der Waals surface area contributed by atoms with Crippen LogP contribution < -0.4 is 19.1 Å². The Morgan fingerprint density at radius 3 is 2.69 bits per heavy atom. The highest BCUT2D eigenvalue weighted by Crippen LogP contribution is 2.32. The van der Waals surface area contributed by atoms with Crippen molar-refractivity contribution in [3.63, 3.8) is 0 Å². The van der Waals surface area contributed by atoms with Crippen LogP contribution in [0.2, 0.25) is 0 Å². The van der Waals surface area contributed by atoms with Crippen LogP contribution in [-0.4, -0.2) is 34.4 Å². The van der Waals surface area contributed by atoms with Gasteiger partial charge in [-0.2, -0.15) is 0 Å². The lowest BCUT2D eigenvalue weighted by Crippen LogP contribution is -2.24. The molecule has 0 fully saturated rings. The van der Waals surface area contributed by atoms with Gasteiger partial charge in [-0.05, 0) is 42.3 Å². The lowest BCUT2D eigenvalue weighted by molar-refractivity contribution is -0.116. The Kier molecular flexibility index (Phi) is 5.03. The Morgan fingerprint density at radius 1 is 1.15 bits per heavy atom. The van der Waals surface area contributed by atoms with Gasteiger partial charge in [0, 0.05) is 19.2 Å². The molecule has 2 aromatic carbocycles. The summed E-state index contributed by atoms with van der Waals surface area (Å²) in [7, 11) is -1.89. The third kappa shape index (κ3) is 4.26. The highest BCUT2D eigenvalue weighted by molar-refractivity contribution is 7.92. The molecule has 1 heterocycles. The number of sulfonamides is 1. The van der Waals surface area contributed by atoms with Crippen LogP contribution in [0.3, 0.4) is 0 Å². The number of rotatable bonds is 6. The zero-order valence-corrected chi connectivity index (χ0v) is 15.4. The first-order valence-corrected chi connectivity index (χ1v) is 9.90. The lowest BCUT2D eigenvalue weighted by atomic mass is 10.1. The molecule has 0 saturated carbocycles. The van der Waals surface area contributed by atoms with E-state index in [0.717, 1.165) is 16.1 Å². The van der Waals surface area contributed by atoms with Crippen molar-refractivity contribution in [3.05, 3.63) is 48.0 Å². The summed E-state index contributed by atoms with van der Waals surface area (Å²) in [5.74, 6) is 1.26. The predicted molar refractivity (Wildman–Crippen MR) is 99.2 cm³/mol. The van der Waals surface area contributed by atoms with Gasteiger partial charge in [0.15, 0.2) is 11.5 Å². The van der Waals surface area contributed by atoms with Crippen LogP contribution in [0.15, 0.2) is 42.5 Å². The largest absolute Gasteiger partial charge is 0.454 e. The molecule has 0 aromatic heterocycles. The standard InChI is InChI=1S/C18H20N2O5S/c1-20(26(2,22)23)15-5-3-4-14(11-15)19-18(21)9-7-13-6-8-16-17(10-13)25-12-24-16/h3-6,8,10-11H,7,9,12H2,1-2H3,(H,19,21). The summed E-state index contributed by atoms with van der Waals surface area (Å²) in [6.45, 7) is 0.220. The van der Waals surface area contributed by atoms with Crippen molar-refractivity contribution < 1.29 is 22.7 Å². The van der Waals surface area contributed by atoms with E-state index in [2.05, 4.69) is 5.32 Å². The summed E-state index contributed by atoms with van der Waals surface area (Å²) in [5, 5.41) is 2.79. The normalized spacial score (nSPS) is 12.7. The minimum Gasteiger partial charge on any atom is -0.454 e. The van der Waals surface area contributed by atoms with E-state index < -0.39 is 10.0 Å². The van der Waals surface area contributed by atoms with Gasteiger partial charge >= 0.3 is 0 Å². The molecule has 26 heavy (non-hydrogen) atoms. The summed E-state index contributed by atoms with van der Waals surface area (Å²) in [6, 6.07) is 12.3. The molecule has 1 amide bonds. The van der Waals surface area contributed by atoms with E-state index >= 15 is 0 Å². The van der Waals surface area contributed by atoms with Gasteiger partial charge in [0.2, 0.25) is 22.7 Å². The van der Waals surface area contributed by atoms with Gasteiger partial charge in [-0.3, -0.25) is 9.10 Å². The summed E-state index contributed by atoms with van der Waals surface area (Å²) in [5.41, 5.74) is 2.02. The highest BCUT2D eigenvalue weighted by Gasteiger charge is 2.14. The highest BCUT2D eigenvalue weighted by atomic mass is 32.2. The van der Waals surface area contributed by atoms with Gasteiger partial charge in [-0.15, -0.1) is 0 Å². The minimum absolute atomic E-state index is 0.151.